The number of nitrogens with one attached hydrogen (secondary N) is 1. The maximum atomic E-state index is 10.6. The lowest BCUT2D eigenvalue weighted by Gasteiger charge is -2.36. The molecule has 0 amide bonds. The Morgan fingerprint density at radius 3 is 2.74 bits per heavy atom. The molecule has 106 valence electrons. The van der Waals surface area contributed by atoms with Crippen LogP contribution in [0.25, 0.3) is 0 Å². The molecule has 1 saturated carbocycles. The fourth-order valence-corrected chi connectivity index (χ4v) is 3.22. The number of aryl methyl sites for hydroxylation is 1. The van der Waals surface area contributed by atoms with Crippen LogP contribution in [0.5, 0.6) is 0 Å². The predicted octanol–water partition coefficient (Wildman–Crippen LogP) is 3.90. The maximum absolute atomic E-state index is 10.6. The first kappa shape index (κ1) is 14.8. The van der Waals surface area contributed by atoms with Gasteiger partial charge < -0.3 is 10.4 Å². The largest absolute Gasteiger partial charge is 0.388 e. The quantitative estimate of drug-likeness (QED) is 0.882. The topological polar surface area (TPSA) is 45.1 Å². The fraction of sp³-hybridized carbons (Fsp3) is 0.667. The molecule has 1 aliphatic carbocycles. The van der Waals surface area contributed by atoms with Crippen molar-refractivity contribution in [3.05, 3.63) is 22.3 Å². The van der Waals surface area contributed by atoms with Crippen LogP contribution >= 0.6 is 15.9 Å². The maximum Gasteiger partial charge on any atom is 0.129 e. The van der Waals surface area contributed by atoms with Crippen LogP contribution in [0.2, 0.25) is 0 Å². The van der Waals surface area contributed by atoms with Crippen molar-refractivity contribution in [2.24, 2.45) is 5.92 Å². The molecule has 1 aliphatic rings. The molecular formula is C15H23BrN2O. The third-order valence-corrected chi connectivity index (χ3v) is 4.68. The molecule has 0 saturated heterocycles. The molecule has 0 aliphatic heterocycles. The van der Waals surface area contributed by atoms with Gasteiger partial charge in [0.25, 0.3) is 0 Å². The SMILES string of the molecule is CCC1CCC(O)(CNc2ncc(Br)cc2C)CC1. The summed E-state index contributed by atoms with van der Waals surface area (Å²) in [6.45, 7) is 4.86. The standard InChI is InChI=1S/C15H23BrN2O/c1-3-12-4-6-15(19,7-5-12)10-18-14-11(2)8-13(16)9-17-14/h8-9,12,19H,3-7,10H2,1-2H3,(H,17,18). The van der Waals surface area contributed by atoms with Crippen molar-refractivity contribution >= 4 is 21.7 Å². The summed E-state index contributed by atoms with van der Waals surface area (Å²) in [5.74, 6) is 1.67. The molecular weight excluding hydrogens is 304 g/mol. The van der Waals surface area contributed by atoms with Crippen molar-refractivity contribution in [3.63, 3.8) is 0 Å². The highest BCUT2D eigenvalue weighted by Gasteiger charge is 2.32. The van der Waals surface area contributed by atoms with Crippen molar-refractivity contribution in [2.75, 3.05) is 11.9 Å². The third-order valence-electron chi connectivity index (χ3n) is 4.24. The average molecular weight is 327 g/mol. The predicted molar refractivity (Wildman–Crippen MR) is 82.4 cm³/mol. The molecule has 0 bridgehead atoms. The lowest BCUT2D eigenvalue weighted by Crippen LogP contribution is -2.40. The van der Waals surface area contributed by atoms with Gasteiger partial charge in [0.15, 0.2) is 0 Å². The minimum Gasteiger partial charge on any atom is -0.388 e. The number of halogens is 1. The van der Waals surface area contributed by atoms with Crippen LogP contribution in [0, 0.1) is 12.8 Å². The Balaban J connectivity index is 1.91. The van der Waals surface area contributed by atoms with E-state index >= 15 is 0 Å². The fourth-order valence-electron chi connectivity index (χ4n) is 2.77. The molecule has 3 nitrogen and oxygen atoms in total. The first-order valence-electron chi connectivity index (χ1n) is 7.11. The van der Waals surface area contributed by atoms with E-state index in [1.165, 1.54) is 6.42 Å². The van der Waals surface area contributed by atoms with E-state index < -0.39 is 5.60 Å². The Labute approximate surface area is 124 Å². The summed E-state index contributed by atoms with van der Waals surface area (Å²) in [6.07, 6.45) is 7.09. The lowest BCUT2D eigenvalue weighted by atomic mass is 9.78. The van der Waals surface area contributed by atoms with Gasteiger partial charge in [-0.15, -0.1) is 0 Å². The zero-order chi connectivity index (χ0) is 13.9. The molecule has 0 radical (unpaired) electrons. The number of anilines is 1. The summed E-state index contributed by atoms with van der Waals surface area (Å²) in [5, 5.41) is 13.9. The van der Waals surface area contributed by atoms with Crippen molar-refractivity contribution < 1.29 is 5.11 Å². The number of aromatic nitrogens is 1. The van der Waals surface area contributed by atoms with E-state index in [4.69, 9.17) is 0 Å². The summed E-state index contributed by atoms with van der Waals surface area (Å²) in [5.41, 5.74) is 0.535. The van der Waals surface area contributed by atoms with Crippen molar-refractivity contribution in [1.82, 2.24) is 4.98 Å². The normalized spacial score (nSPS) is 27.3. The zero-order valence-corrected chi connectivity index (χ0v) is 13.3. The Bertz CT molecular complexity index is 428. The minimum atomic E-state index is -0.563. The number of hydrogen-bond acceptors (Lipinski definition) is 3. The first-order chi connectivity index (χ1) is 9.02. The summed E-state index contributed by atoms with van der Waals surface area (Å²) >= 11 is 3.41. The minimum absolute atomic E-state index is 0.563. The molecule has 1 fully saturated rings. The molecule has 1 heterocycles. The number of hydrogen-bond donors (Lipinski definition) is 2. The Morgan fingerprint density at radius 1 is 1.47 bits per heavy atom. The highest BCUT2D eigenvalue weighted by molar-refractivity contribution is 9.10. The average Bonchev–Trinajstić information content (AvgIpc) is 2.39. The van der Waals surface area contributed by atoms with Crippen LogP contribution in [0.4, 0.5) is 5.82 Å². The van der Waals surface area contributed by atoms with Gasteiger partial charge in [-0.3, -0.25) is 0 Å². The van der Waals surface area contributed by atoms with Gasteiger partial charge in [-0.1, -0.05) is 13.3 Å². The van der Waals surface area contributed by atoms with E-state index in [1.807, 2.05) is 13.0 Å². The molecule has 1 aromatic rings. The van der Waals surface area contributed by atoms with Gasteiger partial charge in [-0.25, -0.2) is 4.98 Å². The Kier molecular flexibility index (Phi) is 4.85. The molecule has 0 atom stereocenters. The van der Waals surface area contributed by atoms with E-state index in [0.29, 0.717) is 6.54 Å². The Hall–Kier alpha value is -0.610. The second-order valence-electron chi connectivity index (χ2n) is 5.75. The van der Waals surface area contributed by atoms with Crippen LogP contribution in [0.1, 0.15) is 44.6 Å². The van der Waals surface area contributed by atoms with Gasteiger partial charge in [0, 0.05) is 17.2 Å². The molecule has 0 spiro atoms. The van der Waals surface area contributed by atoms with Crippen LogP contribution in [-0.2, 0) is 0 Å². The summed E-state index contributed by atoms with van der Waals surface area (Å²) in [7, 11) is 0. The van der Waals surface area contributed by atoms with Crippen LogP contribution in [0.15, 0.2) is 16.7 Å². The van der Waals surface area contributed by atoms with E-state index in [1.54, 1.807) is 6.20 Å². The van der Waals surface area contributed by atoms with Gasteiger partial charge in [-0.05, 0) is 66.1 Å². The van der Waals surface area contributed by atoms with Gasteiger partial charge in [0.2, 0.25) is 0 Å². The van der Waals surface area contributed by atoms with E-state index in [9.17, 15) is 5.11 Å². The van der Waals surface area contributed by atoms with E-state index in [2.05, 4.69) is 33.2 Å². The van der Waals surface area contributed by atoms with Gasteiger partial charge in [-0.2, -0.15) is 0 Å². The summed E-state index contributed by atoms with van der Waals surface area (Å²) in [6, 6.07) is 2.04. The van der Waals surface area contributed by atoms with Crippen molar-refractivity contribution in [1.29, 1.82) is 0 Å². The number of rotatable bonds is 4. The number of aliphatic hydroxyl groups is 1. The molecule has 4 heteroatoms. The van der Waals surface area contributed by atoms with Gasteiger partial charge in [0.05, 0.1) is 5.60 Å². The number of pyridine rings is 1. The highest BCUT2D eigenvalue weighted by atomic mass is 79.9. The van der Waals surface area contributed by atoms with E-state index in [-0.39, 0.29) is 0 Å². The van der Waals surface area contributed by atoms with Crippen LogP contribution in [-0.4, -0.2) is 22.2 Å². The van der Waals surface area contributed by atoms with Gasteiger partial charge in [0.1, 0.15) is 5.82 Å². The molecule has 0 aromatic carbocycles. The number of nitrogens with zero attached hydrogens (tertiary/aromatic N) is 1. The van der Waals surface area contributed by atoms with Crippen LogP contribution in [0.3, 0.4) is 0 Å². The summed E-state index contributed by atoms with van der Waals surface area (Å²) < 4.78 is 0.984. The second kappa shape index (κ2) is 6.23. The van der Waals surface area contributed by atoms with Crippen molar-refractivity contribution in [3.8, 4) is 0 Å². The zero-order valence-electron chi connectivity index (χ0n) is 11.7. The third kappa shape index (κ3) is 3.93. The molecule has 19 heavy (non-hydrogen) atoms. The molecule has 2 N–H and O–H groups in total. The monoisotopic (exact) mass is 326 g/mol. The smallest absolute Gasteiger partial charge is 0.129 e. The van der Waals surface area contributed by atoms with E-state index in [0.717, 1.165) is 47.5 Å². The van der Waals surface area contributed by atoms with Crippen molar-refractivity contribution in [2.45, 2.75) is 51.6 Å². The molecule has 0 unspecified atom stereocenters. The van der Waals surface area contributed by atoms with Crippen LogP contribution < -0.4 is 5.32 Å². The molecule has 1 aromatic heterocycles. The second-order valence-corrected chi connectivity index (χ2v) is 6.66. The summed E-state index contributed by atoms with van der Waals surface area (Å²) in [4.78, 5) is 4.36. The van der Waals surface area contributed by atoms with Gasteiger partial charge >= 0.3 is 0 Å². The molecule has 2 rings (SSSR count). The lowest BCUT2D eigenvalue weighted by molar-refractivity contribution is 0.00222. The first-order valence-corrected chi connectivity index (χ1v) is 7.90. The highest BCUT2D eigenvalue weighted by Crippen LogP contribution is 2.33. The Morgan fingerprint density at radius 2 is 2.16 bits per heavy atom.